The molecule has 1 atom stereocenters. The average Bonchev–Trinajstić information content (AvgIpc) is 2.75. The second kappa shape index (κ2) is 10.4. The smallest absolute Gasteiger partial charge is 0.255 e. The van der Waals surface area contributed by atoms with E-state index in [1.165, 1.54) is 34.8 Å². The van der Waals surface area contributed by atoms with Crippen LogP contribution in [-0.2, 0) is 16.6 Å². The molecule has 31 heavy (non-hydrogen) atoms. The van der Waals surface area contributed by atoms with Crippen molar-refractivity contribution in [2.24, 2.45) is 5.92 Å². The van der Waals surface area contributed by atoms with Gasteiger partial charge in [0.15, 0.2) is 0 Å². The van der Waals surface area contributed by atoms with E-state index in [0.717, 1.165) is 25.6 Å². The van der Waals surface area contributed by atoms with E-state index >= 15 is 0 Å². The molecule has 1 aliphatic heterocycles. The minimum Gasteiger partial charge on any atom is -0.322 e. The summed E-state index contributed by atoms with van der Waals surface area (Å²) in [4.78, 5) is 15.3. The lowest BCUT2D eigenvalue weighted by molar-refractivity contribution is 0.102. The monoisotopic (exact) mass is 443 g/mol. The zero-order valence-electron chi connectivity index (χ0n) is 18.7. The molecule has 6 nitrogen and oxygen atoms in total. The Morgan fingerprint density at radius 1 is 1.06 bits per heavy atom. The van der Waals surface area contributed by atoms with Crippen molar-refractivity contribution in [1.29, 1.82) is 0 Å². The summed E-state index contributed by atoms with van der Waals surface area (Å²) in [5, 5.41) is 2.84. The lowest BCUT2D eigenvalue weighted by Gasteiger charge is -2.30. The van der Waals surface area contributed by atoms with Crippen LogP contribution in [0.3, 0.4) is 0 Å². The third kappa shape index (κ3) is 5.93. The molecule has 0 unspecified atom stereocenters. The van der Waals surface area contributed by atoms with Crippen molar-refractivity contribution in [2.45, 2.75) is 45.1 Å². The number of rotatable bonds is 8. The topological polar surface area (TPSA) is 69.7 Å². The van der Waals surface area contributed by atoms with Gasteiger partial charge in [-0.3, -0.25) is 9.69 Å². The van der Waals surface area contributed by atoms with Gasteiger partial charge in [0, 0.05) is 37.4 Å². The molecule has 1 N–H and O–H groups in total. The van der Waals surface area contributed by atoms with Crippen LogP contribution in [0, 0.1) is 5.92 Å². The zero-order valence-corrected chi connectivity index (χ0v) is 19.5. The van der Waals surface area contributed by atoms with E-state index in [0.29, 0.717) is 24.3 Å². The van der Waals surface area contributed by atoms with Gasteiger partial charge in [-0.2, -0.15) is 4.31 Å². The SMILES string of the molecule is CCN(CC)S(=O)(=O)c1ccc(NC(=O)c2ccc(CN3CCC[C@H](C)C3)cc2)cc1. The van der Waals surface area contributed by atoms with Crippen molar-refractivity contribution in [1.82, 2.24) is 9.21 Å². The average molecular weight is 444 g/mol. The van der Waals surface area contributed by atoms with Crippen molar-refractivity contribution in [3.05, 3.63) is 59.7 Å². The largest absolute Gasteiger partial charge is 0.322 e. The van der Waals surface area contributed by atoms with Crippen LogP contribution in [0.4, 0.5) is 5.69 Å². The summed E-state index contributed by atoms with van der Waals surface area (Å²) in [5.74, 6) is 0.532. The van der Waals surface area contributed by atoms with Gasteiger partial charge in [-0.05, 0) is 67.3 Å². The molecule has 0 spiro atoms. The number of carbonyl (C=O) groups is 1. The Morgan fingerprint density at radius 2 is 1.71 bits per heavy atom. The molecule has 2 aromatic rings. The summed E-state index contributed by atoms with van der Waals surface area (Å²) in [6.45, 7) is 9.94. The van der Waals surface area contributed by atoms with Gasteiger partial charge in [0.1, 0.15) is 0 Å². The third-order valence-corrected chi connectivity index (χ3v) is 7.88. The number of anilines is 1. The van der Waals surface area contributed by atoms with Crippen LogP contribution in [0.1, 0.15) is 49.5 Å². The highest BCUT2D eigenvalue weighted by molar-refractivity contribution is 7.89. The minimum atomic E-state index is -3.50. The van der Waals surface area contributed by atoms with Crippen LogP contribution >= 0.6 is 0 Å². The standard InChI is InChI=1S/C24H33N3O3S/c1-4-27(5-2)31(29,30)23-14-12-22(13-15-23)25-24(28)21-10-8-20(9-11-21)18-26-16-6-7-19(3)17-26/h8-15,19H,4-7,16-18H2,1-3H3,(H,25,28)/t19-/m0/s1. The summed E-state index contributed by atoms with van der Waals surface area (Å²) in [7, 11) is -3.50. The number of hydrogen-bond donors (Lipinski definition) is 1. The Labute approximate surface area is 186 Å². The van der Waals surface area contributed by atoms with E-state index in [4.69, 9.17) is 0 Å². The van der Waals surface area contributed by atoms with Gasteiger partial charge < -0.3 is 5.32 Å². The Morgan fingerprint density at radius 3 is 2.29 bits per heavy atom. The number of hydrogen-bond acceptors (Lipinski definition) is 4. The van der Waals surface area contributed by atoms with E-state index < -0.39 is 10.0 Å². The Balaban J connectivity index is 1.61. The molecule has 0 aliphatic carbocycles. The molecule has 1 saturated heterocycles. The summed E-state index contributed by atoms with van der Waals surface area (Å²) in [6, 6.07) is 14.0. The van der Waals surface area contributed by atoms with Gasteiger partial charge in [-0.25, -0.2) is 8.42 Å². The van der Waals surface area contributed by atoms with E-state index in [9.17, 15) is 13.2 Å². The molecule has 1 fully saturated rings. The molecule has 168 valence electrons. The van der Waals surface area contributed by atoms with Crippen LogP contribution in [-0.4, -0.2) is 49.7 Å². The first-order valence-electron chi connectivity index (χ1n) is 11.1. The predicted octanol–water partition coefficient (Wildman–Crippen LogP) is 4.20. The van der Waals surface area contributed by atoms with Gasteiger partial charge in [-0.15, -0.1) is 0 Å². The maximum Gasteiger partial charge on any atom is 0.255 e. The van der Waals surface area contributed by atoms with Gasteiger partial charge in [0.05, 0.1) is 4.90 Å². The number of amides is 1. The minimum absolute atomic E-state index is 0.211. The fraction of sp³-hybridized carbons (Fsp3) is 0.458. The van der Waals surface area contributed by atoms with E-state index in [1.807, 2.05) is 38.1 Å². The highest BCUT2D eigenvalue weighted by Gasteiger charge is 2.21. The van der Waals surface area contributed by atoms with Gasteiger partial charge in [-0.1, -0.05) is 32.9 Å². The molecule has 0 radical (unpaired) electrons. The number of sulfonamides is 1. The maximum atomic E-state index is 12.6. The van der Waals surface area contributed by atoms with E-state index in [1.54, 1.807) is 12.1 Å². The number of nitrogens with one attached hydrogen (secondary N) is 1. The van der Waals surface area contributed by atoms with Crippen LogP contribution in [0.2, 0.25) is 0 Å². The lowest BCUT2D eigenvalue weighted by Crippen LogP contribution is -2.33. The van der Waals surface area contributed by atoms with Crippen LogP contribution in [0.5, 0.6) is 0 Å². The van der Waals surface area contributed by atoms with Crippen molar-refractivity contribution in [3.8, 4) is 0 Å². The highest BCUT2D eigenvalue weighted by atomic mass is 32.2. The second-order valence-corrected chi connectivity index (χ2v) is 10.2. The van der Waals surface area contributed by atoms with Gasteiger partial charge >= 0.3 is 0 Å². The van der Waals surface area contributed by atoms with Crippen LogP contribution < -0.4 is 5.32 Å². The summed E-state index contributed by atoms with van der Waals surface area (Å²) < 4.78 is 26.6. The first kappa shape index (κ1) is 23.4. The van der Waals surface area contributed by atoms with Crippen molar-refractivity contribution in [2.75, 3.05) is 31.5 Å². The maximum absolute atomic E-state index is 12.6. The summed E-state index contributed by atoms with van der Waals surface area (Å²) in [6.07, 6.45) is 2.55. The molecule has 0 aromatic heterocycles. The molecular weight excluding hydrogens is 410 g/mol. The number of piperidine rings is 1. The fourth-order valence-electron chi connectivity index (χ4n) is 4.08. The number of likely N-dealkylation sites (tertiary alicyclic amines) is 1. The summed E-state index contributed by atoms with van der Waals surface area (Å²) >= 11 is 0. The summed E-state index contributed by atoms with van der Waals surface area (Å²) in [5.41, 5.74) is 2.35. The van der Waals surface area contributed by atoms with Gasteiger partial charge in [0.2, 0.25) is 10.0 Å². The predicted molar refractivity (Wildman–Crippen MR) is 125 cm³/mol. The Hall–Kier alpha value is -2.22. The van der Waals surface area contributed by atoms with Crippen molar-refractivity contribution >= 4 is 21.6 Å². The normalized spacial score (nSPS) is 17.6. The van der Waals surface area contributed by atoms with Gasteiger partial charge in [0.25, 0.3) is 5.91 Å². The highest BCUT2D eigenvalue weighted by Crippen LogP contribution is 2.20. The molecular formula is C24H33N3O3S. The lowest BCUT2D eigenvalue weighted by atomic mass is 9.99. The number of carbonyl (C=O) groups excluding carboxylic acids is 1. The molecule has 0 bridgehead atoms. The fourth-order valence-corrected chi connectivity index (χ4v) is 5.53. The number of benzene rings is 2. The van der Waals surface area contributed by atoms with Crippen molar-refractivity contribution < 1.29 is 13.2 Å². The molecule has 1 heterocycles. The van der Waals surface area contributed by atoms with E-state index in [2.05, 4.69) is 17.1 Å². The number of nitrogens with zero attached hydrogens (tertiary/aromatic N) is 2. The second-order valence-electron chi connectivity index (χ2n) is 8.25. The zero-order chi connectivity index (χ0) is 22.4. The first-order chi connectivity index (χ1) is 14.8. The van der Waals surface area contributed by atoms with Crippen molar-refractivity contribution in [3.63, 3.8) is 0 Å². The Bertz CT molecular complexity index is 968. The van der Waals surface area contributed by atoms with E-state index in [-0.39, 0.29) is 10.8 Å². The first-order valence-corrected chi connectivity index (χ1v) is 12.5. The molecule has 3 rings (SSSR count). The molecule has 1 aliphatic rings. The Kier molecular flexibility index (Phi) is 7.86. The molecule has 7 heteroatoms. The van der Waals surface area contributed by atoms with Crippen LogP contribution in [0.25, 0.3) is 0 Å². The van der Waals surface area contributed by atoms with Crippen LogP contribution in [0.15, 0.2) is 53.4 Å². The molecule has 1 amide bonds. The third-order valence-electron chi connectivity index (χ3n) is 5.82. The molecule has 0 saturated carbocycles. The quantitative estimate of drug-likeness (QED) is 0.664. The molecule has 2 aromatic carbocycles.